The Balaban J connectivity index is 1.34. The number of fused-ring (bicyclic) bond motifs is 1. The van der Waals surface area contributed by atoms with Crippen LogP contribution in [-0.2, 0) is 4.79 Å². The van der Waals surface area contributed by atoms with Crippen LogP contribution in [0.5, 0.6) is 11.5 Å². The molecule has 2 atom stereocenters. The SMILES string of the molecule is CCC1CCCCN1C(=O)C(C)N1CCC(C(=O)c2ccc3c(c2)OCCO3)CC1. The maximum atomic E-state index is 13.1. The number of carbonyl (C=O) groups excluding carboxylic acids is 2. The summed E-state index contributed by atoms with van der Waals surface area (Å²) in [7, 11) is 0. The summed E-state index contributed by atoms with van der Waals surface area (Å²) >= 11 is 0. The van der Waals surface area contributed by atoms with Gasteiger partial charge in [0, 0.05) is 24.1 Å². The van der Waals surface area contributed by atoms with E-state index >= 15 is 0 Å². The van der Waals surface area contributed by atoms with E-state index in [1.165, 1.54) is 6.42 Å². The molecule has 164 valence electrons. The van der Waals surface area contributed by atoms with E-state index in [-0.39, 0.29) is 23.7 Å². The van der Waals surface area contributed by atoms with Crippen molar-refractivity contribution >= 4 is 11.7 Å². The second-order valence-corrected chi connectivity index (χ2v) is 8.80. The number of hydrogen-bond acceptors (Lipinski definition) is 5. The monoisotopic (exact) mass is 414 g/mol. The highest BCUT2D eigenvalue weighted by molar-refractivity contribution is 5.98. The summed E-state index contributed by atoms with van der Waals surface area (Å²) < 4.78 is 11.2. The molecule has 1 amide bonds. The molecular weight excluding hydrogens is 380 g/mol. The third kappa shape index (κ3) is 4.34. The van der Waals surface area contributed by atoms with E-state index in [0.29, 0.717) is 36.3 Å². The van der Waals surface area contributed by atoms with Gasteiger partial charge >= 0.3 is 0 Å². The molecule has 0 spiro atoms. The molecule has 6 heteroatoms. The van der Waals surface area contributed by atoms with Gasteiger partial charge in [-0.3, -0.25) is 14.5 Å². The Morgan fingerprint density at radius 2 is 1.77 bits per heavy atom. The van der Waals surface area contributed by atoms with Gasteiger partial charge in [0.25, 0.3) is 0 Å². The van der Waals surface area contributed by atoms with Crippen molar-refractivity contribution in [1.29, 1.82) is 0 Å². The van der Waals surface area contributed by atoms with Gasteiger partial charge < -0.3 is 14.4 Å². The number of benzene rings is 1. The Bertz CT molecular complexity index is 772. The van der Waals surface area contributed by atoms with E-state index in [4.69, 9.17) is 9.47 Å². The van der Waals surface area contributed by atoms with Gasteiger partial charge in [-0.15, -0.1) is 0 Å². The summed E-state index contributed by atoms with van der Waals surface area (Å²) in [6.07, 6.45) is 6.08. The Hall–Kier alpha value is -2.08. The molecule has 0 radical (unpaired) electrons. The van der Waals surface area contributed by atoms with Crippen molar-refractivity contribution in [2.75, 3.05) is 32.8 Å². The maximum Gasteiger partial charge on any atom is 0.239 e. The van der Waals surface area contributed by atoms with Crippen molar-refractivity contribution < 1.29 is 19.1 Å². The van der Waals surface area contributed by atoms with Crippen molar-refractivity contribution in [1.82, 2.24) is 9.80 Å². The molecule has 0 aromatic heterocycles. The normalized spacial score (nSPS) is 23.8. The lowest BCUT2D eigenvalue weighted by Gasteiger charge is -2.41. The van der Waals surface area contributed by atoms with Crippen LogP contribution in [0.25, 0.3) is 0 Å². The topological polar surface area (TPSA) is 59.1 Å². The molecular formula is C24H34N2O4. The molecule has 3 aliphatic rings. The van der Waals surface area contributed by atoms with Crippen molar-refractivity contribution in [2.24, 2.45) is 5.92 Å². The largest absolute Gasteiger partial charge is 0.486 e. The fraction of sp³-hybridized carbons (Fsp3) is 0.667. The molecule has 2 unspecified atom stereocenters. The quantitative estimate of drug-likeness (QED) is 0.690. The van der Waals surface area contributed by atoms with E-state index in [0.717, 1.165) is 51.7 Å². The van der Waals surface area contributed by atoms with E-state index in [2.05, 4.69) is 16.7 Å². The zero-order chi connectivity index (χ0) is 21.1. The van der Waals surface area contributed by atoms with Crippen LogP contribution >= 0.6 is 0 Å². The first kappa shape index (κ1) is 21.2. The number of ketones is 1. The van der Waals surface area contributed by atoms with E-state index < -0.39 is 0 Å². The number of nitrogens with zero attached hydrogens (tertiary/aromatic N) is 2. The number of rotatable bonds is 5. The zero-order valence-corrected chi connectivity index (χ0v) is 18.3. The lowest BCUT2D eigenvalue weighted by Crippen LogP contribution is -2.53. The van der Waals surface area contributed by atoms with E-state index in [9.17, 15) is 9.59 Å². The Morgan fingerprint density at radius 3 is 2.50 bits per heavy atom. The number of hydrogen-bond donors (Lipinski definition) is 0. The molecule has 3 aliphatic heterocycles. The fourth-order valence-electron chi connectivity index (χ4n) is 5.09. The molecule has 2 saturated heterocycles. The molecule has 30 heavy (non-hydrogen) atoms. The maximum absolute atomic E-state index is 13.1. The number of ether oxygens (including phenoxy) is 2. The zero-order valence-electron chi connectivity index (χ0n) is 18.3. The van der Waals surface area contributed by atoms with Crippen LogP contribution in [-0.4, -0.2) is 66.4 Å². The Kier molecular flexibility index (Phi) is 6.61. The van der Waals surface area contributed by atoms with Gasteiger partial charge in [-0.05, 0) is 76.7 Å². The lowest BCUT2D eigenvalue weighted by atomic mass is 9.88. The fourth-order valence-corrected chi connectivity index (χ4v) is 5.09. The highest BCUT2D eigenvalue weighted by atomic mass is 16.6. The average Bonchev–Trinajstić information content (AvgIpc) is 2.82. The van der Waals surface area contributed by atoms with Crippen LogP contribution in [0.15, 0.2) is 18.2 Å². The molecule has 0 bridgehead atoms. The predicted octanol–water partition coefficient (Wildman–Crippen LogP) is 3.53. The highest BCUT2D eigenvalue weighted by Gasteiger charge is 2.34. The number of carbonyl (C=O) groups is 2. The number of piperidine rings is 2. The average molecular weight is 415 g/mol. The Morgan fingerprint density at radius 1 is 1.03 bits per heavy atom. The summed E-state index contributed by atoms with van der Waals surface area (Å²) in [4.78, 5) is 30.5. The van der Waals surface area contributed by atoms with E-state index in [1.54, 1.807) is 0 Å². The van der Waals surface area contributed by atoms with Crippen molar-refractivity contribution in [2.45, 2.75) is 64.5 Å². The number of Topliss-reactive ketones (excluding diaryl/α,β-unsaturated/α-hetero) is 1. The second-order valence-electron chi connectivity index (χ2n) is 8.80. The summed E-state index contributed by atoms with van der Waals surface area (Å²) in [5, 5.41) is 0. The molecule has 0 aliphatic carbocycles. The number of likely N-dealkylation sites (tertiary alicyclic amines) is 2. The molecule has 0 saturated carbocycles. The third-order valence-corrected chi connectivity index (χ3v) is 7.01. The standard InChI is InChI=1S/C24H34N2O4/c1-3-20-6-4-5-11-26(20)24(28)17(2)25-12-9-18(10-13-25)23(27)19-7-8-21-22(16-19)30-15-14-29-21/h7-8,16-18,20H,3-6,9-15H2,1-2H3. The van der Waals surface area contributed by atoms with Crippen LogP contribution in [0, 0.1) is 5.92 Å². The van der Waals surface area contributed by atoms with E-state index in [1.807, 2.05) is 25.1 Å². The first-order chi connectivity index (χ1) is 14.6. The predicted molar refractivity (Wildman–Crippen MR) is 115 cm³/mol. The summed E-state index contributed by atoms with van der Waals surface area (Å²) in [5.74, 6) is 1.81. The summed E-state index contributed by atoms with van der Waals surface area (Å²) in [5.41, 5.74) is 0.695. The van der Waals surface area contributed by atoms with Crippen LogP contribution in [0.1, 0.15) is 62.7 Å². The highest BCUT2D eigenvalue weighted by Crippen LogP contribution is 2.33. The van der Waals surface area contributed by atoms with Crippen molar-refractivity contribution in [3.05, 3.63) is 23.8 Å². The summed E-state index contributed by atoms with van der Waals surface area (Å²) in [6.45, 7) is 7.75. The van der Waals surface area contributed by atoms with Gasteiger partial charge in [0.1, 0.15) is 13.2 Å². The minimum Gasteiger partial charge on any atom is -0.486 e. The molecule has 1 aromatic carbocycles. The molecule has 3 heterocycles. The van der Waals surface area contributed by atoms with Crippen molar-refractivity contribution in [3.63, 3.8) is 0 Å². The van der Waals surface area contributed by atoms with Crippen LogP contribution in [0.2, 0.25) is 0 Å². The summed E-state index contributed by atoms with van der Waals surface area (Å²) in [6, 6.07) is 5.78. The molecule has 6 nitrogen and oxygen atoms in total. The van der Waals surface area contributed by atoms with Gasteiger partial charge in [0.05, 0.1) is 6.04 Å². The molecule has 2 fully saturated rings. The van der Waals surface area contributed by atoms with Gasteiger partial charge in [-0.25, -0.2) is 0 Å². The minimum absolute atomic E-state index is 0.00416. The van der Waals surface area contributed by atoms with Gasteiger partial charge in [-0.2, -0.15) is 0 Å². The number of amides is 1. The van der Waals surface area contributed by atoms with Crippen LogP contribution < -0.4 is 9.47 Å². The van der Waals surface area contributed by atoms with Gasteiger partial charge in [-0.1, -0.05) is 6.92 Å². The molecule has 1 aromatic rings. The Labute approximate surface area is 179 Å². The van der Waals surface area contributed by atoms with Gasteiger partial charge in [0.15, 0.2) is 17.3 Å². The first-order valence-electron chi connectivity index (χ1n) is 11.6. The van der Waals surface area contributed by atoms with Crippen LogP contribution in [0.4, 0.5) is 0 Å². The van der Waals surface area contributed by atoms with Crippen LogP contribution in [0.3, 0.4) is 0 Å². The second kappa shape index (κ2) is 9.38. The van der Waals surface area contributed by atoms with Crippen molar-refractivity contribution in [3.8, 4) is 11.5 Å². The third-order valence-electron chi connectivity index (χ3n) is 7.01. The first-order valence-corrected chi connectivity index (χ1v) is 11.6. The van der Waals surface area contributed by atoms with Gasteiger partial charge in [0.2, 0.25) is 5.91 Å². The lowest BCUT2D eigenvalue weighted by molar-refractivity contribution is -0.140. The molecule has 0 N–H and O–H groups in total. The molecule has 4 rings (SSSR count). The minimum atomic E-state index is -0.109. The smallest absolute Gasteiger partial charge is 0.239 e.